The standard InChI is InChI=1S/C26H29FN6O3S/c1-4-20-24(30(3)25-29-21(15-37-25)17-5-7-18(27)8-6-17)33-13-19(9-10-23(33)28-20)31-11-12-32(26(35)36)22(14-31)16(2)34/h5-10,13,15-16,22,34H,4,11-12,14H2,1-3H3,(H,35,36). The lowest BCUT2D eigenvalue weighted by Gasteiger charge is -2.42. The molecule has 2 N–H and O–H groups in total. The van der Waals surface area contributed by atoms with Gasteiger partial charge in [-0.2, -0.15) is 0 Å². The van der Waals surface area contributed by atoms with Crippen molar-refractivity contribution in [1.82, 2.24) is 19.3 Å². The number of aliphatic hydroxyl groups excluding tert-OH is 1. The quantitative estimate of drug-likeness (QED) is 0.384. The SMILES string of the molecule is CCc1nc2ccc(N3CCN(C(=O)O)C(C(C)O)C3)cn2c1N(C)c1nc(-c2ccc(F)cc2)cs1. The number of imidazole rings is 1. The smallest absolute Gasteiger partial charge is 0.407 e. The number of benzene rings is 1. The first kappa shape index (κ1) is 25.0. The summed E-state index contributed by atoms with van der Waals surface area (Å²) < 4.78 is 15.4. The van der Waals surface area contributed by atoms with Crippen LogP contribution in [0.5, 0.6) is 0 Å². The molecule has 0 aliphatic carbocycles. The van der Waals surface area contributed by atoms with E-state index in [9.17, 15) is 19.4 Å². The fourth-order valence-corrected chi connectivity index (χ4v) is 5.61. The number of halogens is 1. The molecule has 1 aromatic carbocycles. The van der Waals surface area contributed by atoms with Gasteiger partial charge in [-0.05, 0) is 49.7 Å². The maximum Gasteiger partial charge on any atom is 0.407 e. The number of hydrogen-bond acceptors (Lipinski definition) is 7. The van der Waals surface area contributed by atoms with Crippen LogP contribution < -0.4 is 9.80 Å². The van der Waals surface area contributed by atoms with Crippen LogP contribution in [0.15, 0.2) is 48.0 Å². The maximum atomic E-state index is 13.4. The molecule has 4 heterocycles. The zero-order valence-electron chi connectivity index (χ0n) is 20.9. The molecular formula is C26H29FN6O3S. The van der Waals surface area contributed by atoms with Crippen molar-refractivity contribution in [2.75, 3.05) is 36.5 Å². The maximum absolute atomic E-state index is 13.4. The average molecular weight is 525 g/mol. The summed E-state index contributed by atoms with van der Waals surface area (Å²) in [5.41, 5.74) is 4.27. The summed E-state index contributed by atoms with van der Waals surface area (Å²) in [4.78, 5) is 26.7. The average Bonchev–Trinajstić information content (AvgIpc) is 3.53. The number of rotatable bonds is 6. The van der Waals surface area contributed by atoms with Crippen LogP contribution in [0.25, 0.3) is 16.9 Å². The van der Waals surface area contributed by atoms with Crippen molar-refractivity contribution < 1.29 is 19.4 Å². The van der Waals surface area contributed by atoms with Crippen LogP contribution >= 0.6 is 11.3 Å². The van der Waals surface area contributed by atoms with Crippen LogP contribution in [0.3, 0.4) is 0 Å². The number of carbonyl (C=O) groups is 1. The molecule has 11 heteroatoms. The number of carboxylic acid groups (broad SMARTS) is 1. The van der Waals surface area contributed by atoms with Crippen LogP contribution in [0, 0.1) is 5.82 Å². The summed E-state index contributed by atoms with van der Waals surface area (Å²) in [6.45, 7) is 4.91. The molecule has 1 amide bonds. The largest absolute Gasteiger partial charge is 0.465 e. The van der Waals surface area contributed by atoms with Gasteiger partial charge in [-0.1, -0.05) is 6.92 Å². The Morgan fingerprint density at radius 1 is 1.22 bits per heavy atom. The second-order valence-corrected chi connectivity index (χ2v) is 10.00. The summed E-state index contributed by atoms with van der Waals surface area (Å²) in [6, 6.07) is 9.72. The third-order valence-electron chi connectivity index (χ3n) is 6.81. The van der Waals surface area contributed by atoms with Gasteiger partial charge in [-0.25, -0.2) is 19.2 Å². The number of piperazine rings is 1. The minimum absolute atomic E-state index is 0.283. The zero-order chi connectivity index (χ0) is 26.3. The van der Waals surface area contributed by atoms with Crippen molar-refractivity contribution in [3.63, 3.8) is 0 Å². The summed E-state index contributed by atoms with van der Waals surface area (Å²) in [5, 5.41) is 22.5. The number of anilines is 3. The third kappa shape index (κ3) is 4.72. The van der Waals surface area contributed by atoms with Crippen molar-refractivity contribution in [3.8, 4) is 11.3 Å². The minimum atomic E-state index is -1.02. The van der Waals surface area contributed by atoms with Gasteiger partial charge in [0.15, 0.2) is 5.13 Å². The van der Waals surface area contributed by atoms with Crippen molar-refractivity contribution in [3.05, 3.63) is 59.5 Å². The highest BCUT2D eigenvalue weighted by Gasteiger charge is 2.33. The van der Waals surface area contributed by atoms with Crippen LogP contribution in [0.1, 0.15) is 19.5 Å². The van der Waals surface area contributed by atoms with Gasteiger partial charge in [-0.15, -0.1) is 11.3 Å². The molecule has 1 fully saturated rings. The van der Waals surface area contributed by atoms with Gasteiger partial charge in [0, 0.05) is 43.8 Å². The first-order chi connectivity index (χ1) is 17.8. The number of amides is 1. The number of hydrogen-bond donors (Lipinski definition) is 2. The van der Waals surface area contributed by atoms with E-state index in [2.05, 4.69) is 11.8 Å². The number of aromatic nitrogens is 3. The van der Waals surface area contributed by atoms with Crippen molar-refractivity contribution in [1.29, 1.82) is 0 Å². The molecule has 2 atom stereocenters. The van der Waals surface area contributed by atoms with Gasteiger partial charge in [0.25, 0.3) is 0 Å². The van der Waals surface area contributed by atoms with Crippen LogP contribution in [0.4, 0.5) is 25.8 Å². The van der Waals surface area contributed by atoms with E-state index >= 15 is 0 Å². The molecule has 37 heavy (non-hydrogen) atoms. The predicted octanol–water partition coefficient (Wildman–Crippen LogP) is 4.48. The lowest BCUT2D eigenvalue weighted by Crippen LogP contribution is -2.58. The number of aryl methyl sites for hydroxylation is 1. The number of thiazole rings is 1. The van der Waals surface area contributed by atoms with E-state index in [4.69, 9.17) is 9.97 Å². The Labute approximate surface area is 218 Å². The Hall–Kier alpha value is -3.70. The third-order valence-corrected chi connectivity index (χ3v) is 7.72. The number of fused-ring (bicyclic) bond motifs is 1. The lowest BCUT2D eigenvalue weighted by molar-refractivity contribution is 0.0516. The number of aliphatic hydroxyl groups is 1. The van der Waals surface area contributed by atoms with E-state index in [1.165, 1.54) is 28.4 Å². The lowest BCUT2D eigenvalue weighted by atomic mass is 10.1. The molecule has 0 radical (unpaired) electrons. The second-order valence-electron chi connectivity index (χ2n) is 9.16. The Morgan fingerprint density at radius 3 is 2.65 bits per heavy atom. The summed E-state index contributed by atoms with van der Waals surface area (Å²) in [6.07, 6.45) is 0.936. The molecule has 5 rings (SSSR count). The molecule has 0 bridgehead atoms. The van der Waals surface area contributed by atoms with E-state index in [0.717, 1.165) is 45.7 Å². The van der Waals surface area contributed by atoms with Crippen LogP contribution in [-0.2, 0) is 6.42 Å². The first-order valence-electron chi connectivity index (χ1n) is 12.2. The summed E-state index contributed by atoms with van der Waals surface area (Å²) in [7, 11) is 1.96. The summed E-state index contributed by atoms with van der Waals surface area (Å²) in [5.74, 6) is 0.616. The molecule has 1 aliphatic rings. The van der Waals surface area contributed by atoms with E-state index < -0.39 is 18.2 Å². The van der Waals surface area contributed by atoms with E-state index in [-0.39, 0.29) is 5.82 Å². The van der Waals surface area contributed by atoms with E-state index in [1.54, 1.807) is 19.1 Å². The Bertz CT molecular complexity index is 1420. The Morgan fingerprint density at radius 2 is 1.97 bits per heavy atom. The van der Waals surface area contributed by atoms with Gasteiger partial charge in [-0.3, -0.25) is 9.30 Å². The molecule has 1 saturated heterocycles. The molecule has 2 unspecified atom stereocenters. The molecule has 4 aromatic rings. The van der Waals surface area contributed by atoms with Gasteiger partial charge >= 0.3 is 6.09 Å². The van der Waals surface area contributed by atoms with Crippen LogP contribution in [-0.4, -0.2) is 74.4 Å². The Balaban J connectivity index is 1.48. The molecule has 0 spiro atoms. The van der Waals surface area contributed by atoms with Gasteiger partial charge < -0.3 is 20.0 Å². The second kappa shape index (κ2) is 9.98. The zero-order valence-corrected chi connectivity index (χ0v) is 21.7. The fraction of sp³-hybridized carbons (Fsp3) is 0.346. The van der Waals surface area contributed by atoms with Crippen molar-refractivity contribution >= 4 is 39.7 Å². The van der Waals surface area contributed by atoms with Gasteiger partial charge in [0.1, 0.15) is 17.3 Å². The van der Waals surface area contributed by atoms with Gasteiger partial charge in [0.2, 0.25) is 0 Å². The van der Waals surface area contributed by atoms with Crippen LogP contribution in [0.2, 0.25) is 0 Å². The molecular weight excluding hydrogens is 495 g/mol. The normalized spacial score (nSPS) is 16.8. The first-order valence-corrected chi connectivity index (χ1v) is 13.0. The van der Waals surface area contributed by atoms with E-state index in [0.29, 0.717) is 19.6 Å². The highest BCUT2D eigenvalue weighted by Crippen LogP contribution is 2.34. The topological polar surface area (TPSA) is 97.4 Å². The van der Waals surface area contributed by atoms with E-state index in [1.807, 2.05) is 40.1 Å². The molecule has 194 valence electrons. The van der Waals surface area contributed by atoms with Gasteiger partial charge in [0.05, 0.1) is 29.2 Å². The molecule has 9 nitrogen and oxygen atoms in total. The highest BCUT2D eigenvalue weighted by molar-refractivity contribution is 7.14. The highest BCUT2D eigenvalue weighted by atomic mass is 32.1. The number of nitrogens with zero attached hydrogens (tertiary/aromatic N) is 6. The van der Waals surface area contributed by atoms with Crippen molar-refractivity contribution in [2.45, 2.75) is 32.4 Å². The fourth-order valence-electron chi connectivity index (χ4n) is 4.81. The molecule has 1 aliphatic heterocycles. The summed E-state index contributed by atoms with van der Waals surface area (Å²) >= 11 is 1.50. The Kier molecular flexibility index (Phi) is 6.74. The number of pyridine rings is 1. The molecule has 0 saturated carbocycles. The van der Waals surface area contributed by atoms with Crippen molar-refractivity contribution in [2.24, 2.45) is 0 Å². The monoisotopic (exact) mass is 524 g/mol. The predicted molar refractivity (Wildman–Crippen MR) is 143 cm³/mol. The molecule has 3 aromatic heterocycles. The minimum Gasteiger partial charge on any atom is -0.465 e.